The van der Waals surface area contributed by atoms with Crippen molar-refractivity contribution in [1.82, 2.24) is 0 Å². The van der Waals surface area contributed by atoms with Crippen molar-refractivity contribution in [2.45, 2.75) is 37.9 Å². The molecule has 0 saturated carbocycles. The van der Waals surface area contributed by atoms with Crippen LogP contribution in [0.4, 0.5) is 0 Å². The molecule has 2 aliphatic heterocycles. The van der Waals surface area contributed by atoms with E-state index in [0.717, 1.165) is 0 Å². The number of aliphatic hydroxyl groups excluding tert-OH is 2. The van der Waals surface area contributed by atoms with Crippen molar-refractivity contribution >= 4 is 5.97 Å². The summed E-state index contributed by atoms with van der Waals surface area (Å²) in [5.74, 6) is -0.608. The molecule has 5 nitrogen and oxygen atoms in total. The van der Waals surface area contributed by atoms with Gasteiger partial charge in [-0.25, -0.2) is 0 Å². The molecule has 0 amide bonds. The molecule has 5 heteroatoms. The Bertz CT molecular complexity index is 229. The van der Waals surface area contributed by atoms with E-state index in [2.05, 4.69) is 0 Å². The smallest absolute Gasteiger partial charge is 0.308 e. The Kier molecular flexibility index (Phi) is 2.02. The van der Waals surface area contributed by atoms with Crippen LogP contribution in [0.2, 0.25) is 0 Å². The molecule has 0 radical (unpaired) electrons. The van der Waals surface area contributed by atoms with Crippen LogP contribution in [0.25, 0.3) is 0 Å². The molecule has 74 valence electrons. The SMILES string of the molecule is CC1C(O)C(O)OC2CC(=O)OC21. The third-order valence-corrected chi connectivity index (χ3v) is 2.67. The van der Waals surface area contributed by atoms with Crippen LogP contribution in [-0.4, -0.2) is 40.8 Å². The van der Waals surface area contributed by atoms with Crippen LogP contribution in [0.1, 0.15) is 13.3 Å². The highest BCUT2D eigenvalue weighted by Crippen LogP contribution is 2.33. The Labute approximate surface area is 75.3 Å². The van der Waals surface area contributed by atoms with Gasteiger partial charge in [0.2, 0.25) is 0 Å². The molecule has 0 aromatic heterocycles. The Hall–Kier alpha value is -0.650. The van der Waals surface area contributed by atoms with E-state index < -0.39 is 24.6 Å². The predicted molar refractivity (Wildman–Crippen MR) is 40.5 cm³/mol. The largest absolute Gasteiger partial charge is 0.459 e. The van der Waals surface area contributed by atoms with Crippen LogP contribution >= 0.6 is 0 Å². The number of hydrogen-bond donors (Lipinski definition) is 2. The third-order valence-electron chi connectivity index (χ3n) is 2.67. The molecular formula is C8H12O5. The maximum Gasteiger partial charge on any atom is 0.308 e. The molecule has 5 atom stereocenters. The van der Waals surface area contributed by atoms with Gasteiger partial charge in [-0.15, -0.1) is 0 Å². The van der Waals surface area contributed by atoms with Crippen molar-refractivity contribution in [2.75, 3.05) is 0 Å². The summed E-state index contributed by atoms with van der Waals surface area (Å²) in [6.45, 7) is 1.73. The van der Waals surface area contributed by atoms with E-state index in [0.29, 0.717) is 0 Å². The number of esters is 1. The zero-order valence-electron chi connectivity index (χ0n) is 7.21. The van der Waals surface area contributed by atoms with Crippen molar-refractivity contribution in [1.29, 1.82) is 0 Å². The number of carbonyl (C=O) groups excluding carboxylic acids is 1. The average molecular weight is 188 g/mol. The second-order valence-corrected chi connectivity index (χ2v) is 3.57. The first-order valence-corrected chi connectivity index (χ1v) is 4.30. The fourth-order valence-electron chi connectivity index (χ4n) is 1.84. The Morgan fingerprint density at radius 1 is 1.46 bits per heavy atom. The first-order chi connectivity index (χ1) is 6.09. The maximum absolute atomic E-state index is 10.9. The molecule has 0 aromatic carbocycles. The maximum atomic E-state index is 10.9. The molecule has 0 aliphatic carbocycles. The zero-order chi connectivity index (χ0) is 9.59. The number of hydrogen-bond acceptors (Lipinski definition) is 5. The third kappa shape index (κ3) is 1.33. The summed E-state index contributed by atoms with van der Waals surface area (Å²) in [4.78, 5) is 10.9. The summed E-state index contributed by atoms with van der Waals surface area (Å²) >= 11 is 0. The highest BCUT2D eigenvalue weighted by Gasteiger charge is 2.48. The van der Waals surface area contributed by atoms with E-state index in [-0.39, 0.29) is 18.3 Å². The lowest BCUT2D eigenvalue weighted by Gasteiger charge is -2.36. The van der Waals surface area contributed by atoms with Gasteiger partial charge in [-0.2, -0.15) is 0 Å². The Morgan fingerprint density at radius 3 is 2.85 bits per heavy atom. The zero-order valence-corrected chi connectivity index (χ0v) is 7.21. The monoisotopic (exact) mass is 188 g/mol. The van der Waals surface area contributed by atoms with Crippen molar-refractivity contribution < 1.29 is 24.5 Å². The lowest BCUT2D eigenvalue weighted by atomic mass is 9.91. The fourth-order valence-corrected chi connectivity index (χ4v) is 1.84. The van der Waals surface area contributed by atoms with Crippen LogP contribution in [0.5, 0.6) is 0 Å². The molecular weight excluding hydrogens is 176 g/mol. The van der Waals surface area contributed by atoms with Crippen molar-refractivity contribution in [3.8, 4) is 0 Å². The van der Waals surface area contributed by atoms with Gasteiger partial charge in [0.25, 0.3) is 0 Å². The summed E-state index contributed by atoms with van der Waals surface area (Å²) in [5, 5.41) is 18.7. The second kappa shape index (κ2) is 2.94. The van der Waals surface area contributed by atoms with Gasteiger partial charge in [0, 0.05) is 5.92 Å². The molecule has 0 bridgehead atoms. The van der Waals surface area contributed by atoms with Gasteiger partial charge in [-0.1, -0.05) is 6.92 Å². The number of aliphatic hydroxyl groups is 2. The van der Waals surface area contributed by atoms with Crippen LogP contribution < -0.4 is 0 Å². The van der Waals surface area contributed by atoms with Crippen molar-refractivity contribution in [2.24, 2.45) is 5.92 Å². The molecule has 2 saturated heterocycles. The van der Waals surface area contributed by atoms with E-state index in [1.165, 1.54) is 0 Å². The summed E-state index contributed by atoms with van der Waals surface area (Å²) in [7, 11) is 0. The van der Waals surface area contributed by atoms with Crippen molar-refractivity contribution in [3.05, 3.63) is 0 Å². The predicted octanol–water partition coefficient (Wildman–Crippen LogP) is -0.984. The minimum absolute atomic E-state index is 0.165. The minimum atomic E-state index is -1.20. The quantitative estimate of drug-likeness (QED) is 0.478. The number of carbonyl (C=O) groups is 1. The average Bonchev–Trinajstić information content (AvgIpc) is 2.42. The standard InChI is InChI=1S/C8H12O5/c1-3-6(10)8(11)12-4-2-5(9)13-7(3)4/h3-4,6-8,10-11H,2H2,1H3. The number of fused-ring (bicyclic) bond motifs is 1. The van der Waals surface area contributed by atoms with Gasteiger partial charge in [0.1, 0.15) is 18.3 Å². The van der Waals surface area contributed by atoms with Gasteiger partial charge in [-0.3, -0.25) is 4.79 Å². The van der Waals surface area contributed by atoms with Gasteiger partial charge in [0.15, 0.2) is 6.29 Å². The topological polar surface area (TPSA) is 76.0 Å². The van der Waals surface area contributed by atoms with E-state index in [1.54, 1.807) is 6.92 Å². The molecule has 2 fully saturated rings. The molecule has 13 heavy (non-hydrogen) atoms. The van der Waals surface area contributed by atoms with Crippen LogP contribution in [0.15, 0.2) is 0 Å². The Balaban J connectivity index is 2.15. The van der Waals surface area contributed by atoms with E-state index in [9.17, 15) is 15.0 Å². The molecule has 0 spiro atoms. The van der Waals surface area contributed by atoms with Gasteiger partial charge >= 0.3 is 5.97 Å². The van der Waals surface area contributed by atoms with E-state index in [1.807, 2.05) is 0 Å². The number of rotatable bonds is 0. The molecule has 2 rings (SSSR count). The van der Waals surface area contributed by atoms with E-state index >= 15 is 0 Å². The van der Waals surface area contributed by atoms with Crippen molar-refractivity contribution in [3.63, 3.8) is 0 Å². The summed E-state index contributed by atoms with van der Waals surface area (Å²) in [5.41, 5.74) is 0. The fraction of sp³-hybridized carbons (Fsp3) is 0.875. The molecule has 2 aliphatic rings. The lowest BCUT2D eigenvalue weighted by molar-refractivity contribution is -0.252. The minimum Gasteiger partial charge on any atom is -0.459 e. The Morgan fingerprint density at radius 2 is 2.15 bits per heavy atom. The normalized spacial score (nSPS) is 50.1. The highest BCUT2D eigenvalue weighted by atomic mass is 16.7. The molecule has 2 heterocycles. The number of ether oxygens (including phenoxy) is 2. The van der Waals surface area contributed by atoms with Crippen LogP contribution in [-0.2, 0) is 14.3 Å². The first kappa shape index (κ1) is 8.93. The molecule has 2 N–H and O–H groups in total. The summed E-state index contributed by atoms with van der Waals surface area (Å²) in [6.07, 6.45) is -2.83. The highest BCUT2D eigenvalue weighted by molar-refractivity contribution is 5.72. The lowest BCUT2D eigenvalue weighted by Crippen LogP contribution is -2.51. The molecule has 5 unspecified atom stereocenters. The van der Waals surface area contributed by atoms with Gasteiger partial charge in [-0.05, 0) is 0 Å². The van der Waals surface area contributed by atoms with Crippen LogP contribution in [0, 0.1) is 5.92 Å². The van der Waals surface area contributed by atoms with Gasteiger partial charge in [0.05, 0.1) is 6.42 Å². The van der Waals surface area contributed by atoms with E-state index in [4.69, 9.17) is 9.47 Å². The first-order valence-electron chi connectivity index (χ1n) is 4.30. The summed E-state index contributed by atoms with van der Waals surface area (Å²) < 4.78 is 9.98. The molecule has 0 aromatic rings. The van der Waals surface area contributed by atoms with Gasteiger partial charge < -0.3 is 19.7 Å². The summed E-state index contributed by atoms with van der Waals surface area (Å²) in [6, 6.07) is 0. The van der Waals surface area contributed by atoms with Crippen LogP contribution in [0.3, 0.4) is 0 Å². The second-order valence-electron chi connectivity index (χ2n) is 3.57.